The SMILES string of the molecule is CC1(C)OB(c2ccc([N+](=O)[O-])c3ccccc23)OC1(C)C. The van der Waals surface area contributed by atoms with E-state index < -0.39 is 18.3 Å². The summed E-state index contributed by atoms with van der Waals surface area (Å²) in [6.45, 7) is 7.95. The molecule has 1 aliphatic rings. The molecule has 1 aliphatic heterocycles. The molecular formula is C16H18BNO4. The Morgan fingerprint density at radius 1 is 0.955 bits per heavy atom. The summed E-state index contributed by atoms with van der Waals surface area (Å²) < 4.78 is 12.1. The highest BCUT2D eigenvalue weighted by Gasteiger charge is 2.52. The predicted molar refractivity (Wildman–Crippen MR) is 86.3 cm³/mol. The second kappa shape index (κ2) is 4.79. The maximum atomic E-state index is 11.2. The van der Waals surface area contributed by atoms with Gasteiger partial charge in [-0.2, -0.15) is 0 Å². The minimum atomic E-state index is -0.532. The van der Waals surface area contributed by atoms with Crippen molar-refractivity contribution in [3.05, 3.63) is 46.5 Å². The van der Waals surface area contributed by atoms with Gasteiger partial charge in [-0.25, -0.2) is 0 Å². The van der Waals surface area contributed by atoms with E-state index in [1.165, 1.54) is 6.07 Å². The summed E-state index contributed by atoms with van der Waals surface area (Å²) in [6, 6.07) is 10.5. The van der Waals surface area contributed by atoms with E-state index in [4.69, 9.17) is 9.31 Å². The third kappa shape index (κ3) is 2.19. The van der Waals surface area contributed by atoms with Crippen LogP contribution in [-0.2, 0) is 9.31 Å². The number of hydrogen-bond acceptors (Lipinski definition) is 4. The molecule has 0 bridgehead atoms. The average Bonchev–Trinajstić information content (AvgIpc) is 2.65. The maximum Gasteiger partial charge on any atom is 0.495 e. The van der Waals surface area contributed by atoms with Crippen molar-refractivity contribution < 1.29 is 14.2 Å². The third-order valence-electron chi connectivity index (χ3n) is 4.64. The Morgan fingerprint density at radius 3 is 2.05 bits per heavy atom. The maximum absolute atomic E-state index is 11.2. The minimum absolute atomic E-state index is 0.0934. The molecule has 0 aliphatic carbocycles. The zero-order valence-electron chi connectivity index (χ0n) is 13.1. The van der Waals surface area contributed by atoms with Crippen LogP contribution in [0.1, 0.15) is 27.7 Å². The van der Waals surface area contributed by atoms with Crippen LogP contribution in [-0.4, -0.2) is 23.2 Å². The molecule has 0 amide bonds. The molecule has 1 heterocycles. The number of non-ortho nitro benzene ring substituents is 1. The summed E-state index contributed by atoms with van der Waals surface area (Å²) in [4.78, 5) is 10.8. The van der Waals surface area contributed by atoms with Gasteiger partial charge in [0.25, 0.3) is 5.69 Å². The zero-order valence-corrected chi connectivity index (χ0v) is 13.1. The van der Waals surface area contributed by atoms with Crippen molar-refractivity contribution in [2.75, 3.05) is 0 Å². The van der Waals surface area contributed by atoms with Gasteiger partial charge in [0, 0.05) is 6.07 Å². The van der Waals surface area contributed by atoms with Crippen LogP contribution in [0, 0.1) is 10.1 Å². The van der Waals surface area contributed by atoms with E-state index in [2.05, 4.69) is 0 Å². The van der Waals surface area contributed by atoms with Gasteiger partial charge in [-0.3, -0.25) is 10.1 Å². The lowest BCUT2D eigenvalue weighted by atomic mass is 9.76. The van der Waals surface area contributed by atoms with Gasteiger partial charge < -0.3 is 9.31 Å². The summed E-state index contributed by atoms with van der Waals surface area (Å²) in [5.41, 5.74) is 0.0249. The summed E-state index contributed by atoms with van der Waals surface area (Å²) in [5, 5.41) is 12.6. The van der Waals surface area contributed by atoms with Gasteiger partial charge in [0.2, 0.25) is 0 Å². The van der Waals surface area contributed by atoms with E-state index in [9.17, 15) is 10.1 Å². The Bertz CT molecular complexity index is 741. The second-order valence-electron chi connectivity index (χ2n) is 6.56. The fraction of sp³-hybridized carbons (Fsp3) is 0.375. The number of benzene rings is 2. The molecule has 6 heteroatoms. The normalized spacial score (nSPS) is 19.5. The molecule has 22 heavy (non-hydrogen) atoms. The summed E-state index contributed by atoms with van der Waals surface area (Å²) in [7, 11) is -0.532. The molecule has 3 rings (SSSR count). The Kier molecular flexibility index (Phi) is 3.27. The molecule has 0 N–H and O–H groups in total. The Morgan fingerprint density at radius 2 is 1.50 bits per heavy atom. The summed E-state index contributed by atoms with van der Waals surface area (Å²) in [5.74, 6) is 0. The second-order valence-corrected chi connectivity index (χ2v) is 6.56. The number of fused-ring (bicyclic) bond motifs is 1. The predicted octanol–water partition coefficient (Wildman–Crippen LogP) is 3.05. The van der Waals surface area contributed by atoms with Crippen LogP contribution >= 0.6 is 0 Å². The highest BCUT2D eigenvalue weighted by Crippen LogP contribution is 2.37. The fourth-order valence-electron chi connectivity index (χ4n) is 2.64. The molecule has 2 aromatic rings. The molecular weight excluding hydrogens is 281 g/mol. The van der Waals surface area contributed by atoms with Gasteiger partial charge in [0.1, 0.15) is 0 Å². The highest BCUT2D eigenvalue weighted by atomic mass is 16.7. The number of rotatable bonds is 2. The van der Waals surface area contributed by atoms with Crippen molar-refractivity contribution in [2.24, 2.45) is 0 Å². The highest BCUT2D eigenvalue weighted by molar-refractivity contribution is 6.65. The molecule has 1 saturated heterocycles. The Hall–Kier alpha value is -1.92. The van der Waals surface area contributed by atoms with Crippen molar-refractivity contribution >= 4 is 29.0 Å². The first-order valence-electron chi connectivity index (χ1n) is 7.25. The lowest BCUT2D eigenvalue weighted by Gasteiger charge is -2.32. The van der Waals surface area contributed by atoms with E-state index in [-0.39, 0.29) is 10.6 Å². The van der Waals surface area contributed by atoms with Crippen LogP contribution < -0.4 is 5.46 Å². The van der Waals surface area contributed by atoms with Crippen LogP contribution in [0.3, 0.4) is 0 Å². The molecule has 1 fully saturated rings. The monoisotopic (exact) mass is 299 g/mol. The van der Waals surface area contributed by atoms with Crippen LogP contribution in [0.5, 0.6) is 0 Å². The van der Waals surface area contributed by atoms with Gasteiger partial charge in [0.05, 0.1) is 21.5 Å². The molecule has 0 spiro atoms. The van der Waals surface area contributed by atoms with Gasteiger partial charge in [-0.15, -0.1) is 0 Å². The molecule has 5 nitrogen and oxygen atoms in total. The smallest absolute Gasteiger partial charge is 0.399 e. The first-order valence-corrected chi connectivity index (χ1v) is 7.25. The molecule has 0 aromatic heterocycles. The average molecular weight is 299 g/mol. The van der Waals surface area contributed by atoms with Crippen molar-refractivity contribution in [3.8, 4) is 0 Å². The number of nitro groups is 1. The molecule has 0 saturated carbocycles. The molecule has 114 valence electrons. The van der Waals surface area contributed by atoms with Crippen LogP contribution in [0.4, 0.5) is 5.69 Å². The van der Waals surface area contributed by atoms with Crippen molar-refractivity contribution in [2.45, 2.75) is 38.9 Å². The van der Waals surface area contributed by atoms with Gasteiger partial charge >= 0.3 is 7.12 Å². The van der Waals surface area contributed by atoms with Crippen LogP contribution in [0.25, 0.3) is 10.8 Å². The molecule has 0 atom stereocenters. The topological polar surface area (TPSA) is 61.6 Å². The first kappa shape index (κ1) is 15.0. The number of hydrogen-bond donors (Lipinski definition) is 0. The van der Waals surface area contributed by atoms with E-state index >= 15 is 0 Å². The molecule has 0 radical (unpaired) electrons. The lowest BCUT2D eigenvalue weighted by Crippen LogP contribution is -2.41. The zero-order chi connectivity index (χ0) is 16.1. The molecule has 0 unspecified atom stereocenters. The largest absolute Gasteiger partial charge is 0.495 e. The van der Waals surface area contributed by atoms with Gasteiger partial charge in [-0.05, 0) is 44.6 Å². The van der Waals surface area contributed by atoms with Crippen LogP contribution in [0.2, 0.25) is 0 Å². The van der Waals surface area contributed by atoms with Crippen molar-refractivity contribution in [3.63, 3.8) is 0 Å². The Labute approximate surface area is 129 Å². The molecule has 2 aromatic carbocycles. The number of nitrogens with zero attached hydrogens (tertiary/aromatic N) is 1. The van der Waals surface area contributed by atoms with Gasteiger partial charge in [0.15, 0.2) is 0 Å². The minimum Gasteiger partial charge on any atom is -0.399 e. The van der Waals surface area contributed by atoms with Crippen LogP contribution in [0.15, 0.2) is 36.4 Å². The van der Waals surface area contributed by atoms with E-state index in [1.54, 1.807) is 18.2 Å². The first-order chi connectivity index (χ1) is 10.2. The van der Waals surface area contributed by atoms with E-state index in [0.717, 1.165) is 10.8 Å². The standard InChI is InChI=1S/C16H18BNO4/c1-15(2)16(3,4)22-17(21-15)13-9-10-14(18(19)20)12-8-6-5-7-11(12)13/h5-10H,1-4H3. The fourth-order valence-corrected chi connectivity index (χ4v) is 2.64. The van der Waals surface area contributed by atoms with Crippen molar-refractivity contribution in [1.29, 1.82) is 0 Å². The lowest BCUT2D eigenvalue weighted by molar-refractivity contribution is -0.383. The quantitative estimate of drug-likeness (QED) is 0.486. The number of nitro benzene ring substituents is 1. The summed E-state index contributed by atoms with van der Waals surface area (Å²) >= 11 is 0. The van der Waals surface area contributed by atoms with Crippen molar-refractivity contribution in [1.82, 2.24) is 0 Å². The third-order valence-corrected chi connectivity index (χ3v) is 4.64. The summed E-state index contributed by atoms with van der Waals surface area (Å²) in [6.07, 6.45) is 0. The van der Waals surface area contributed by atoms with E-state index in [0.29, 0.717) is 5.39 Å². The van der Waals surface area contributed by atoms with E-state index in [1.807, 2.05) is 39.8 Å². The van der Waals surface area contributed by atoms with Gasteiger partial charge in [-0.1, -0.05) is 24.3 Å². The Balaban J connectivity index is 2.14.